The fourth-order valence-electron chi connectivity index (χ4n) is 1.36. The third-order valence-corrected chi connectivity index (χ3v) is 2.47. The summed E-state index contributed by atoms with van der Waals surface area (Å²) in [6.45, 7) is 6.36. The molecule has 0 aromatic carbocycles. The van der Waals surface area contributed by atoms with Gasteiger partial charge in [-0.25, -0.2) is 4.98 Å². The first-order valence-electron chi connectivity index (χ1n) is 5.34. The van der Waals surface area contributed by atoms with E-state index in [0.29, 0.717) is 6.54 Å². The van der Waals surface area contributed by atoms with Crippen LogP contribution in [-0.2, 0) is 4.79 Å². The number of hydrogen-bond acceptors (Lipinski definition) is 3. The lowest BCUT2D eigenvalue weighted by Gasteiger charge is -2.23. The first-order chi connectivity index (χ1) is 7.45. The minimum Gasteiger partial charge on any atom is -0.369 e. The van der Waals surface area contributed by atoms with Crippen molar-refractivity contribution in [2.24, 2.45) is 5.41 Å². The van der Waals surface area contributed by atoms with Crippen LogP contribution in [0.4, 0.5) is 5.82 Å². The molecule has 2 N–H and O–H groups in total. The fourth-order valence-corrected chi connectivity index (χ4v) is 1.36. The van der Waals surface area contributed by atoms with E-state index in [4.69, 9.17) is 0 Å². The van der Waals surface area contributed by atoms with Crippen molar-refractivity contribution in [1.82, 2.24) is 10.3 Å². The summed E-state index contributed by atoms with van der Waals surface area (Å²) in [6, 6.07) is 3.90. The molecule has 0 saturated heterocycles. The molecule has 1 aromatic rings. The molecule has 0 aliphatic rings. The van der Waals surface area contributed by atoms with Crippen LogP contribution in [0.3, 0.4) is 0 Å². The van der Waals surface area contributed by atoms with Gasteiger partial charge in [-0.1, -0.05) is 0 Å². The maximum Gasteiger partial charge on any atom is 0.227 e. The third kappa shape index (κ3) is 3.22. The number of amides is 1. The highest BCUT2D eigenvalue weighted by atomic mass is 16.2. The van der Waals surface area contributed by atoms with Crippen LogP contribution in [0.5, 0.6) is 0 Å². The van der Waals surface area contributed by atoms with Gasteiger partial charge in [-0.2, -0.15) is 0 Å². The molecule has 4 heteroatoms. The maximum atomic E-state index is 11.6. The summed E-state index contributed by atoms with van der Waals surface area (Å²) in [5, 5.41) is 5.82. The van der Waals surface area contributed by atoms with E-state index >= 15 is 0 Å². The second-order valence-electron chi connectivity index (χ2n) is 4.53. The maximum absolute atomic E-state index is 11.6. The lowest BCUT2D eigenvalue weighted by molar-refractivity contribution is -0.128. The van der Waals surface area contributed by atoms with Crippen LogP contribution in [0, 0.1) is 12.3 Å². The normalized spacial score (nSPS) is 11.0. The van der Waals surface area contributed by atoms with Gasteiger partial charge < -0.3 is 10.6 Å². The van der Waals surface area contributed by atoms with E-state index in [9.17, 15) is 4.79 Å². The van der Waals surface area contributed by atoms with Crippen molar-refractivity contribution < 1.29 is 4.79 Å². The summed E-state index contributed by atoms with van der Waals surface area (Å²) in [4.78, 5) is 15.7. The van der Waals surface area contributed by atoms with Crippen molar-refractivity contribution >= 4 is 11.7 Å². The van der Waals surface area contributed by atoms with Gasteiger partial charge in [0.25, 0.3) is 0 Å². The van der Waals surface area contributed by atoms with Gasteiger partial charge in [0.15, 0.2) is 0 Å². The van der Waals surface area contributed by atoms with Gasteiger partial charge in [-0.15, -0.1) is 0 Å². The van der Waals surface area contributed by atoms with Gasteiger partial charge in [-0.05, 0) is 38.5 Å². The molecular formula is C12H19N3O. The van der Waals surface area contributed by atoms with Gasteiger partial charge in [0.2, 0.25) is 5.91 Å². The average molecular weight is 221 g/mol. The van der Waals surface area contributed by atoms with Crippen molar-refractivity contribution in [3.05, 3.63) is 23.9 Å². The molecule has 88 valence electrons. The Bertz CT molecular complexity index is 374. The molecule has 4 nitrogen and oxygen atoms in total. The van der Waals surface area contributed by atoms with E-state index < -0.39 is 5.41 Å². The van der Waals surface area contributed by atoms with Crippen LogP contribution < -0.4 is 10.6 Å². The van der Waals surface area contributed by atoms with Crippen LogP contribution in [0.15, 0.2) is 18.3 Å². The number of aryl methyl sites for hydroxylation is 1. The summed E-state index contributed by atoms with van der Waals surface area (Å²) in [6.07, 6.45) is 1.75. The molecule has 1 amide bonds. The molecule has 0 saturated carbocycles. The third-order valence-electron chi connectivity index (χ3n) is 2.47. The quantitative estimate of drug-likeness (QED) is 0.811. The van der Waals surface area contributed by atoms with Gasteiger partial charge in [-0.3, -0.25) is 4.79 Å². The number of aromatic nitrogens is 1. The number of carbonyl (C=O) groups excluding carboxylic acids is 1. The van der Waals surface area contributed by atoms with E-state index in [1.807, 2.05) is 32.9 Å². The highest BCUT2D eigenvalue weighted by Gasteiger charge is 2.26. The van der Waals surface area contributed by atoms with E-state index in [1.165, 1.54) is 0 Å². The van der Waals surface area contributed by atoms with E-state index in [1.54, 1.807) is 13.2 Å². The number of nitrogens with zero attached hydrogens (tertiary/aromatic N) is 1. The lowest BCUT2D eigenvalue weighted by Crippen LogP contribution is -2.39. The second-order valence-corrected chi connectivity index (χ2v) is 4.53. The zero-order valence-electron chi connectivity index (χ0n) is 10.3. The molecule has 0 atom stereocenters. The molecule has 0 aliphatic heterocycles. The number of nitrogens with one attached hydrogen (secondary N) is 2. The SMILES string of the molecule is CNC(=O)C(C)(C)CNc1cc(C)ccn1. The standard InChI is InChI=1S/C12H19N3O/c1-9-5-6-14-10(7-9)15-8-12(2,3)11(16)13-4/h5-7H,8H2,1-4H3,(H,13,16)(H,14,15). The van der Waals surface area contributed by atoms with Crippen molar-refractivity contribution in [2.45, 2.75) is 20.8 Å². The minimum atomic E-state index is -0.444. The lowest BCUT2D eigenvalue weighted by atomic mass is 9.92. The van der Waals surface area contributed by atoms with Crippen molar-refractivity contribution in [3.63, 3.8) is 0 Å². The molecule has 1 rings (SSSR count). The Morgan fingerprint density at radius 1 is 1.50 bits per heavy atom. The number of pyridine rings is 1. The Morgan fingerprint density at radius 3 is 2.75 bits per heavy atom. The Labute approximate surface area is 96.5 Å². The molecule has 0 bridgehead atoms. The van der Waals surface area contributed by atoms with Crippen LogP contribution in [0.2, 0.25) is 0 Å². The van der Waals surface area contributed by atoms with E-state index in [0.717, 1.165) is 11.4 Å². The molecule has 16 heavy (non-hydrogen) atoms. The highest BCUT2D eigenvalue weighted by Crippen LogP contribution is 2.16. The summed E-state index contributed by atoms with van der Waals surface area (Å²) in [7, 11) is 1.65. The molecule has 0 radical (unpaired) electrons. The van der Waals surface area contributed by atoms with Crippen LogP contribution in [-0.4, -0.2) is 24.5 Å². The van der Waals surface area contributed by atoms with Crippen LogP contribution in [0.25, 0.3) is 0 Å². The zero-order valence-corrected chi connectivity index (χ0v) is 10.3. The Morgan fingerprint density at radius 2 is 2.19 bits per heavy atom. The summed E-state index contributed by atoms with van der Waals surface area (Å²) >= 11 is 0. The van der Waals surface area contributed by atoms with Crippen molar-refractivity contribution in [1.29, 1.82) is 0 Å². The van der Waals surface area contributed by atoms with Crippen LogP contribution in [0.1, 0.15) is 19.4 Å². The monoisotopic (exact) mass is 221 g/mol. The van der Waals surface area contributed by atoms with E-state index in [2.05, 4.69) is 15.6 Å². The first-order valence-corrected chi connectivity index (χ1v) is 5.34. The molecule has 1 heterocycles. The van der Waals surface area contributed by atoms with Gasteiger partial charge in [0, 0.05) is 19.8 Å². The summed E-state index contributed by atoms with van der Waals surface area (Å²) < 4.78 is 0. The predicted molar refractivity (Wildman–Crippen MR) is 65.3 cm³/mol. The van der Waals surface area contributed by atoms with Crippen LogP contribution >= 0.6 is 0 Å². The number of hydrogen-bond donors (Lipinski definition) is 2. The van der Waals surface area contributed by atoms with Gasteiger partial charge in [0.1, 0.15) is 5.82 Å². The number of anilines is 1. The molecule has 1 aromatic heterocycles. The minimum absolute atomic E-state index is 0.0210. The largest absolute Gasteiger partial charge is 0.369 e. The van der Waals surface area contributed by atoms with E-state index in [-0.39, 0.29) is 5.91 Å². The van der Waals surface area contributed by atoms with Crippen molar-refractivity contribution in [2.75, 3.05) is 18.9 Å². The molecule has 0 unspecified atom stereocenters. The smallest absolute Gasteiger partial charge is 0.227 e. The predicted octanol–water partition coefficient (Wildman–Crippen LogP) is 1.57. The Hall–Kier alpha value is -1.58. The topological polar surface area (TPSA) is 54.0 Å². The van der Waals surface area contributed by atoms with Gasteiger partial charge >= 0.3 is 0 Å². The first kappa shape index (κ1) is 12.5. The fraction of sp³-hybridized carbons (Fsp3) is 0.500. The molecule has 0 aliphatic carbocycles. The number of rotatable bonds is 4. The summed E-state index contributed by atoms with van der Waals surface area (Å²) in [5.74, 6) is 0.824. The zero-order chi connectivity index (χ0) is 12.2. The molecule has 0 fully saturated rings. The summed E-state index contributed by atoms with van der Waals surface area (Å²) in [5.41, 5.74) is 0.704. The highest BCUT2D eigenvalue weighted by molar-refractivity contribution is 5.82. The molecular weight excluding hydrogens is 202 g/mol. The molecule has 0 spiro atoms. The Kier molecular flexibility index (Phi) is 3.88. The average Bonchev–Trinajstić information content (AvgIpc) is 2.25. The number of carbonyl (C=O) groups is 1. The van der Waals surface area contributed by atoms with Crippen molar-refractivity contribution in [3.8, 4) is 0 Å². The van der Waals surface area contributed by atoms with Gasteiger partial charge in [0.05, 0.1) is 5.41 Å². The Balaban J connectivity index is 2.61. The second kappa shape index (κ2) is 4.96.